The van der Waals surface area contributed by atoms with Gasteiger partial charge in [-0.3, -0.25) is 0 Å². The number of benzene rings is 1. The van der Waals surface area contributed by atoms with Gasteiger partial charge in [-0.1, -0.05) is 26.0 Å². The number of nitrogens with two attached hydrogens (primary N) is 1. The Morgan fingerprint density at radius 3 is 2.16 bits per heavy atom. The molecule has 3 heteroatoms. The van der Waals surface area contributed by atoms with Crippen molar-refractivity contribution in [3.05, 3.63) is 29.8 Å². The van der Waals surface area contributed by atoms with Crippen LogP contribution in [0.5, 0.6) is 0 Å². The van der Waals surface area contributed by atoms with Crippen LogP contribution in [0.1, 0.15) is 33.3 Å². The van der Waals surface area contributed by atoms with Crippen LogP contribution < -0.4 is 5.73 Å². The molecule has 0 fully saturated rings. The maximum Gasteiger partial charge on any atom is 0.0632 e. The molecule has 19 heavy (non-hydrogen) atoms. The smallest absolute Gasteiger partial charge is 0.0632 e. The Morgan fingerprint density at radius 2 is 1.68 bits per heavy atom. The summed E-state index contributed by atoms with van der Waals surface area (Å²) >= 11 is 0. The van der Waals surface area contributed by atoms with Crippen LogP contribution >= 0.6 is 10.3 Å². The van der Waals surface area contributed by atoms with Gasteiger partial charge in [-0.15, -0.1) is 10.3 Å². The van der Waals surface area contributed by atoms with Crippen LogP contribution in [-0.4, -0.2) is 23.9 Å². The molecule has 0 unspecified atom stereocenters. The third kappa shape index (κ3) is 4.15. The standard InChI is InChI=1S/C16H29NOS/c1-13(2)16(3,4)19(5,6)18-12-11-14-7-9-15(17)10-8-14/h7-10,13H,11-12,17H2,1-6H3. The first-order valence-electron chi connectivity index (χ1n) is 6.88. The molecule has 0 aliphatic carbocycles. The summed E-state index contributed by atoms with van der Waals surface area (Å²) < 4.78 is 6.47. The maximum atomic E-state index is 6.24. The molecule has 2 N–H and O–H groups in total. The lowest BCUT2D eigenvalue weighted by Gasteiger charge is -2.48. The van der Waals surface area contributed by atoms with Crippen molar-refractivity contribution < 1.29 is 4.18 Å². The SMILES string of the molecule is CC(C)C(C)(C)S(C)(C)OCCc1ccc(N)cc1. The molecular formula is C16H29NOS. The van der Waals surface area contributed by atoms with Gasteiger partial charge in [-0.2, -0.15) is 0 Å². The number of nitrogen functional groups attached to an aromatic ring is 1. The van der Waals surface area contributed by atoms with Crippen molar-refractivity contribution in [1.82, 2.24) is 0 Å². The van der Waals surface area contributed by atoms with Crippen LogP contribution in [-0.2, 0) is 10.6 Å². The zero-order valence-electron chi connectivity index (χ0n) is 13.2. The first-order valence-corrected chi connectivity index (χ1v) is 9.26. The fourth-order valence-electron chi connectivity index (χ4n) is 1.77. The summed E-state index contributed by atoms with van der Waals surface area (Å²) in [5.74, 6) is 0.619. The molecule has 1 rings (SSSR count). The molecule has 1 aromatic carbocycles. The summed E-state index contributed by atoms with van der Waals surface area (Å²) in [4.78, 5) is 0. The second-order valence-electron chi connectivity index (χ2n) is 6.30. The van der Waals surface area contributed by atoms with E-state index in [1.807, 2.05) is 12.1 Å². The highest BCUT2D eigenvalue weighted by Gasteiger charge is 2.36. The third-order valence-corrected chi connectivity index (χ3v) is 8.17. The average Bonchev–Trinajstić information content (AvgIpc) is 2.31. The van der Waals surface area contributed by atoms with E-state index in [1.165, 1.54) is 5.56 Å². The molecular weight excluding hydrogens is 254 g/mol. The van der Waals surface area contributed by atoms with Gasteiger partial charge in [0.15, 0.2) is 0 Å². The summed E-state index contributed by atoms with van der Waals surface area (Å²) in [7, 11) is -1.06. The normalized spacial score (nSPS) is 13.8. The fourth-order valence-corrected chi connectivity index (χ4v) is 3.71. The fraction of sp³-hybridized carbons (Fsp3) is 0.625. The third-order valence-electron chi connectivity index (χ3n) is 4.41. The average molecular weight is 283 g/mol. The Labute approximate surface area is 120 Å². The van der Waals surface area contributed by atoms with Crippen molar-refractivity contribution in [3.8, 4) is 0 Å². The molecule has 0 saturated carbocycles. The predicted octanol–water partition coefficient (Wildman–Crippen LogP) is 4.24. The van der Waals surface area contributed by atoms with E-state index in [0.29, 0.717) is 5.92 Å². The van der Waals surface area contributed by atoms with Gasteiger partial charge in [-0.25, -0.2) is 0 Å². The minimum Gasteiger partial charge on any atom is -0.399 e. The molecule has 0 radical (unpaired) electrons. The van der Waals surface area contributed by atoms with Gasteiger partial charge in [0, 0.05) is 10.4 Å². The first kappa shape index (κ1) is 16.4. The van der Waals surface area contributed by atoms with E-state index in [0.717, 1.165) is 18.7 Å². The van der Waals surface area contributed by atoms with E-state index in [4.69, 9.17) is 9.92 Å². The Hall–Kier alpha value is -0.670. The molecule has 0 heterocycles. The van der Waals surface area contributed by atoms with E-state index in [-0.39, 0.29) is 4.75 Å². The maximum absolute atomic E-state index is 6.24. The van der Waals surface area contributed by atoms with Crippen molar-refractivity contribution >= 4 is 16.0 Å². The lowest BCUT2D eigenvalue weighted by molar-refractivity contribution is 0.338. The molecule has 0 bridgehead atoms. The summed E-state index contributed by atoms with van der Waals surface area (Å²) in [5, 5.41) is 0. The number of anilines is 1. The van der Waals surface area contributed by atoms with Crippen molar-refractivity contribution in [1.29, 1.82) is 0 Å². The molecule has 1 aromatic rings. The highest BCUT2D eigenvalue weighted by atomic mass is 32.3. The Morgan fingerprint density at radius 1 is 1.16 bits per heavy atom. The summed E-state index contributed by atoms with van der Waals surface area (Å²) in [6.45, 7) is 9.96. The van der Waals surface area contributed by atoms with Gasteiger partial charge < -0.3 is 9.92 Å². The summed E-state index contributed by atoms with van der Waals surface area (Å²) in [6, 6.07) is 8.06. The van der Waals surface area contributed by atoms with Crippen LogP contribution in [0.3, 0.4) is 0 Å². The van der Waals surface area contributed by atoms with Gasteiger partial charge in [0.25, 0.3) is 0 Å². The summed E-state index contributed by atoms with van der Waals surface area (Å²) in [6.07, 6.45) is 5.50. The highest BCUT2D eigenvalue weighted by molar-refractivity contribution is 8.29. The Bertz CT molecular complexity index is 396. The Kier molecular flexibility index (Phi) is 5.34. The van der Waals surface area contributed by atoms with Crippen molar-refractivity contribution in [3.63, 3.8) is 0 Å². The molecule has 2 nitrogen and oxygen atoms in total. The van der Waals surface area contributed by atoms with Gasteiger partial charge >= 0.3 is 0 Å². The first-order chi connectivity index (χ1) is 8.67. The topological polar surface area (TPSA) is 35.2 Å². The van der Waals surface area contributed by atoms with Gasteiger partial charge in [0.1, 0.15) is 0 Å². The molecule has 0 aliphatic rings. The molecule has 0 aromatic heterocycles. The van der Waals surface area contributed by atoms with E-state index in [1.54, 1.807) is 0 Å². The zero-order chi connectivity index (χ0) is 14.7. The van der Waals surface area contributed by atoms with Crippen molar-refractivity contribution in [2.75, 3.05) is 24.9 Å². The van der Waals surface area contributed by atoms with Crippen LogP contribution in [0.15, 0.2) is 24.3 Å². The predicted molar refractivity (Wildman–Crippen MR) is 88.9 cm³/mol. The molecule has 110 valence electrons. The van der Waals surface area contributed by atoms with Crippen molar-refractivity contribution in [2.45, 2.75) is 38.9 Å². The lowest BCUT2D eigenvalue weighted by atomic mass is 10.00. The van der Waals surface area contributed by atoms with Crippen LogP contribution in [0.4, 0.5) is 5.69 Å². The van der Waals surface area contributed by atoms with Crippen LogP contribution in [0.2, 0.25) is 0 Å². The summed E-state index contributed by atoms with van der Waals surface area (Å²) in [5.41, 5.74) is 7.79. The van der Waals surface area contributed by atoms with E-state index in [2.05, 4.69) is 52.3 Å². The molecule has 0 spiro atoms. The van der Waals surface area contributed by atoms with E-state index >= 15 is 0 Å². The largest absolute Gasteiger partial charge is 0.399 e. The molecule has 0 saturated heterocycles. The number of hydrogen-bond donors (Lipinski definition) is 1. The van der Waals surface area contributed by atoms with Gasteiger partial charge in [0.2, 0.25) is 0 Å². The monoisotopic (exact) mass is 283 g/mol. The quantitative estimate of drug-likeness (QED) is 0.792. The molecule has 0 amide bonds. The van der Waals surface area contributed by atoms with Crippen LogP contribution in [0, 0.1) is 5.92 Å². The minimum absolute atomic E-state index is 0.230. The number of rotatable bonds is 6. The second kappa shape index (κ2) is 6.19. The van der Waals surface area contributed by atoms with Gasteiger partial charge in [0.05, 0.1) is 6.61 Å². The molecule has 0 atom stereocenters. The highest BCUT2D eigenvalue weighted by Crippen LogP contribution is 2.57. The Balaban J connectivity index is 2.54. The second-order valence-corrected chi connectivity index (χ2v) is 10.1. The van der Waals surface area contributed by atoms with Crippen molar-refractivity contribution in [2.24, 2.45) is 5.92 Å². The van der Waals surface area contributed by atoms with E-state index < -0.39 is 10.3 Å². The minimum atomic E-state index is -1.06. The van der Waals surface area contributed by atoms with Crippen LogP contribution in [0.25, 0.3) is 0 Å². The van der Waals surface area contributed by atoms with E-state index in [9.17, 15) is 0 Å². The lowest BCUT2D eigenvalue weighted by Crippen LogP contribution is -2.34. The number of hydrogen-bond acceptors (Lipinski definition) is 2. The molecule has 0 aliphatic heterocycles. The zero-order valence-corrected chi connectivity index (χ0v) is 14.0. The van der Waals surface area contributed by atoms with Gasteiger partial charge in [-0.05, 0) is 56.4 Å².